The quantitative estimate of drug-likeness (QED) is 0.415. The Kier molecular flexibility index (Phi) is 7.77. The first kappa shape index (κ1) is 8.88. The second-order valence-electron chi connectivity index (χ2n) is 1.62. The second-order valence-corrected chi connectivity index (χ2v) is 1.62. The topological polar surface area (TPSA) is 30.5 Å². The predicted molar refractivity (Wildman–Crippen MR) is 36.4 cm³/mol. The van der Waals surface area contributed by atoms with Crippen molar-refractivity contribution < 1.29 is 9.47 Å². The van der Waals surface area contributed by atoms with Crippen LogP contribution in [-0.4, -0.2) is 33.6 Å². The molecule has 56 valence electrons. The maximum atomic E-state index is 5.03. The van der Waals surface area contributed by atoms with Gasteiger partial charge in [-0.05, 0) is 14.0 Å². The molecule has 0 fully saturated rings. The fraction of sp³-hybridized carbons (Fsp3) is 1.00. The monoisotopic (exact) mass is 133 g/mol. The van der Waals surface area contributed by atoms with Crippen LogP contribution in [-0.2, 0) is 9.47 Å². The van der Waals surface area contributed by atoms with Gasteiger partial charge in [0.25, 0.3) is 0 Å². The molecule has 0 aromatic rings. The maximum absolute atomic E-state index is 5.03. The molecule has 3 heteroatoms. The number of nitrogens with one attached hydrogen (secondary N) is 1. The van der Waals surface area contributed by atoms with E-state index in [1.807, 2.05) is 14.0 Å². The van der Waals surface area contributed by atoms with Gasteiger partial charge in [0, 0.05) is 13.2 Å². The van der Waals surface area contributed by atoms with Gasteiger partial charge in [0.05, 0.1) is 6.61 Å². The van der Waals surface area contributed by atoms with Crippen LogP contribution in [0.3, 0.4) is 0 Å². The summed E-state index contributed by atoms with van der Waals surface area (Å²) < 4.78 is 9.96. The summed E-state index contributed by atoms with van der Waals surface area (Å²) in [5.74, 6) is 0. The lowest BCUT2D eigenvalue weighted by atomic mass is 10.7. The van der Waals surface area contributed by atoms with E-state index in [0.29, 0.717) is 6.79 Å². The summed E-state index contributed by atoms with van der Waals surface area (Å²) in [6.07, 6.45) is 0. The van der Waals surface area contributed by atoms with Crippen molar-refractivity contribution in [2.24, 2.45) is 0 Å². The molecule has 0 rings (SSSR count). The number of likely N-dealkylation sites (N-methyl/N-ethyl adjacent to an activating group) is 1. The standard InChI is InChI=1S/C6H15NO2/c1-3-8-6-9-5-4-7-2/h7H,3-6H2,1-2H3. The Balaban J connectivity index is 2.60. The largest absolute Gasteiger partial charge is 0.356 e. The summed E-state index contributed by atoms with van der Waals surface area (Å²) >= 11 is 0. The molecule has 0 radical (unpaired) electrons. The van der Waals surface area contributed by atoms with E-state index < -0.39 is 0 Å². The van der Waals surface area contributed by atoms with E-state index in [-0.39, 0.29) is 0 Å². The number of hydrogen-bond donors (Lipinski definition) is 1. The molecule has 9 heavy (non-hydrogen) atoms. The van der Waals surface area contributed by atoms with E-state index in [1.165, 1.54) is 0 Å². The molecule has 1 N–H and O–H groups in total. The lowest BCUT2D eigenvalue weighted by Gasteiger charge is -2.01. The molecule has 0 aromatic carbocycles. The van der Waals surface area contributed by atoms with E-state index in [0.717, 1.165) is 19.8 Å². The molecule has 0 heterocycles. The number of rotatable bonds is 6. The van der Waals surface area contributed by atoms with Crippen LogP contribution in [0.2, 0.25) is 0 Å². The summed E-state index contributed by atoms with van der Waals surface area (Å²) in [6, 6.07) is 0. The molecular formula is C6H15NO2. The zero-order chi connectivity index (χ0) is 6.95. The lowest BCUT2D eigenvalue weighted by Crippen LogP contribution is -2.15. The van der Waals surface area contributed by atoms with Gasteiger partial charge in [0.1, 0.15) is 6.79 Å². The van der Waals surface area contributed by atoms with Gasteiger partial charge in [-0.2, -0.15) is 0 Å². The van der Waals surface area contributed by atoms with Crippen LogP contribution < -0.4 is 5.32 Å². The number of ether oxygens (including phenoxy) is 2. The van der Waals surface area contributed by atoms with Crippen molar-refractivity contribution in [2.75, 3.05) is 33.6 Å². The molecule has 0 bridgehead atoms. The van der Waals surface area contributed by atoms with Crippen molar-refractivity contribution in [1.29, 1.82) is 0 Å². The van der Waals surface area contributed by atoms with E-state index in [2.05, 4.69) is 5.32 Å². The van der Waals surface area contributed by atoms with Crippen molar-refractivity contribution in [3.63, 3.8) is 0 Å². The molecular weight excluding hydrogens is 118 g/mol. The van der Waals surface area contributed by atoms with Crippen LogP contribution in [0.5, 0.6) is 0 Å². The summed E-state index contributed by atoms with van der Waals surface area (Å²) in [4.78, 5) is 0. The average Bonchev–Trinajstić information content (AvgIpc) is 1.89. The summed E-state index contributed by atoms with van der Waals surface area (Å²) in [6.45, 7) is 4.68. The lowest BCUT2D eigenvalue weighted by molar-refractivity contribution is -0.0475. The Bertz CT molecular complexity index is 44.3. The molecule has 0 aliphatic heterocycles. The van der Waals surface area contributed by atoms with Gasteiger partial charge in [-0.1, -0.05) is 0 Å². The molecule has 3 nitrogen and oxygen atoms in total. The normalized spacial score (nSPS) is 10.0. The summed E-state index contributed by atoms with van der Waals surface area (Å²) in [7, 11) is 1.89. The Morgan fingerprint density at radius 3 is 2.67 bits per heavy atom. The highest BCUT2D eigenvalue weighted by Crippen LogP contribution is 1.75. The van der Waals surface area contributed by atoms with Crippen molar-refractivity contribution in [3.8, 4) is 0 Å². The van der Waals surface area contributed by atoms with Gasteiger partial charge in [0.15, 0.2) is 0 Å². The Morgan fingerprint density at radius 1 is 1.33 bits per heavy atom. The Hall–Kier alpha value is -0.120. The van der Waals surface area contributed by atoms with E-state index in [9.17, 15) is 0 Å². The average molecular weight is 133 g/mol. The maximum Gasteiger partial charge on any atom is 0.146 e. The van der Waals surface area contributed by atoms with Crippen LogP contribution in [0.25, 0.3) is 0 Å². The van der Waals surface area contributed by atoms with Crippen LogP contribution in [0.1, 0.15) is 6.92 Å². The minimum atomic E-state index is 0.415. The minimum Gasteiger partial charge on any atom is -0.356 e. The highest BCUT2D eigenvalue weighted by molar-refractivity contribution is 4.31. The smallest absolute Gasteiger partial charge is 0.146 e. The van der Waals surface area contributed by atoms with Crippen molar-refractivity contribution in [1.82, 2.24) is 5.32 Å². The molecule has 0 atom stereocenters. The molecule has 0 aliphatic carbocycles. The fourth-order valence-electron chi connectivity index (χ4n) is 0.375. The Labute approximate surface area is 56.3 Å². The first-order chi connectivity index (χ1) is 4.41. The van der Waals surface area contributed by atoms with E-state index in [4.69, 9.17) is 9.47 Å². The second kappa shape index (κ2) is 7.88. The van der Waals surface area contributed by atoms with Gasteiger partial charge >= 0.3 is 0 Å². The zero-order valence-electron chi connectivity index (χ0n) is 6.14. The third-order valence-corrected chi connectivity index (χ3v) is 0.867. The van der Waals surface area contributed by atoms with Crippen LogP contribution in [0.15, 0.2) is 0 Å². The van der Waals surface area contributed by atoms with Crippen LogP contribution in [0.4, 0.5) is 0 Å². The molecule has 0 saturated carbocycles. The van der Waals surface area contributed by atoms with Gasteiger partial charge < -0.3 is 14.8 Å². The molecule has 0 unspecified atom stereocenters. The van der Waals surface area contributed by atoms with Crippen molar-refractivity contribution >= 4 is 0 Å². The molecule has 0 aromatic heterocycles. The third kappa shape index (κ3) is 7.88. The van der Waals surface area contributed by atoms with Crippen molar-refractivity contribution in [3.05, 3.63) is 0 Å². The van der Waals surface area contributed by atoms with Gasteiger partial charge in [-0.3, -0.25) is 0 Å². The fourth-order valence-corrected chi connectivity index (χ4v) is 0.375. The number of hydrogen-bond acceptors (Lipinski definition) is 3. The van der Waals surface area contributed by atoms with Crippen molar-refractivity contribution in [2.45, 2.75) is 6.92 Å². The van der Waals surface area contributed by atoms with Gasteiger partial charge in [-0.15, -0.1) is 0 Å². The molecule has 0 spiro atoms. The molecule has 0 saturated heterocycles. The third-order valence-electron chi connectivity index (χ3n) is 0.867. The SMILES string of the molecule is CCOCOCCNC. The summed E-state index contributed by atoms with van der Waals surface area (Å²) in [5.41, 5.74) is 0. The molecule has 0 aliphatic rings. The molecule has 0 amide bonds. The predicted octanol–water partition coefficient (Wildman–Crippen LogP) is 0.216. The van der Waals surface area contributed by atoms with Gasteiger partial charge in [-0.25, -0.2) is 0 Å². The first-order valence-electron chi connectivity index (χ1n) is 3.22. The minimum absolute atomic E-state index is 0.415. The van der Waals surface area contributed by atoms with Crippen LogP contribution >= 0.6 is 0 Å². The Morgan fingerprint density at radius 2 is 2.11 bits per heavy atom. The first-order valence-corrected chi connectivity index (χ1v) is 3.22. The highest BCUT2D eigenvalue weighted by atomic mass is 16.7. The van der Waals surface area contributed by atoms with E-state index >= 15 is 0 Å². The summed E-state index contributed by atoms with van der Waals surface area (Å²) in [5, 5.41) is 2.96. The zero-order valence-corrected chi connectivity index (χ0v) is 6.14. The van der Waals surface area contributed by atoms with Gasteiger partial charge in [0.2, 0.25) is 0 Å². The van der Waals surface area contributed by atoms with Crippen LogP contribution in [0, 0.1) is 0 Å². The highest BCUT2D eigenvalue weighted by Gasteiger charge is 1.82. The van der Waals surface area contributed by atoms with E-state index in [1.54, 1.807) is 0 Å².